The van der Waals surface area contributed by atoms with Crippen molar-refractivity contribution in [3.8, 4) is 0 Å². The monoisotopic (exact) mass is 332 g/mol. The summed E-state index contributed by atoms with van der Waals surface area (Å²) in [4.78, 5) is 0. The highest BCUT2D eigenvalue weighted by molar-refractivity contribution is 5.17. The average molecular weight is 332 g/mol. The van der Waals surface area contributed by atoms with Crippen molar-refractivity contribution in [3.63, 3.8) is 0 Å². The topological polar surface area (TPSA) is 120 Å². The Balaban J connectivity index is 2.16. The first kappa shape index (κ1) is 18.8. The molecule has 0 bridgehead atoms. The molecule has 5 N–H and O–H groups in total. The van der Waals surface area contributed by atoms with Crippen LogP contribution in [0.1, 0.15) is 33.6 Å². The summed E-state index contributed by atoms with van der Waals surface area (Å²) < 4.78 is 11.1. The van der Waals surface area contributed by atoms with E-state index in [4.69, 9.17) is 9.47 Å². The van der Waals surface area contributed by atoms with Gasteiger partial charge >= 0.3 is 0 Å². The van der Waals surface area contributed by atoms with Crippen LogP contribution in [0, 0.1) is 5.92 Å². The van der Waals surface area contributed by atoms with Crippen LogP contribution in [0.4, 0.5) is 0 Å². The highest BCUT2D eigenvalue weighted by atomic mass is 16.7. The minimum atomic E-state index is -1.49. The minimum Gasteiger partial charge on any atom is -0.394 e. The van der Waals surface area contributed by atoms with Crippen LogP contribution in [0.2, 0.25) is 0 Å². The first-order valence-electron chi connectivity index (χ1n) is 8.06. The molecule has 1 heterocycles. The van der Waals surface area contributed by atoms with Crippen molar-refractivity contribution in [2.24, 2.45) is 5.92 Å². The maximum atomic E-state index is 10.5. The molecule has 0 spiro atoms. The van der Waals surface area contributed by atoms with E-state index in [9.17, 15) is 25.5 Å². The maximum absolute atomic E-state index is 10.5. The molecule has 0 amide bonds. The molecule has 0 saturated carbocycles. The molecule has 0 radical (unpaired) electrons. The van der Waals surface area contributed by atoms with Crippen molar-refractivity contribution >= 4 is 0 Å². The van der Waals surface area contributed by atoms with Crippen molar-refractivity contribution in [1.82, 2.24) is 0 Å². The third-order valence-corrected chi connectivity index (χ3v) is 4.77. The van der Waals surface area contributed by atoms with Crippen LogP contribution in [-0.4, -0.2) is 74.6 Å². The summed E-state index contributed by atoms with van der Waals surface area (Å²) in [5.74, 6) is 0.312. The van der Waals surface area contributed by atoms with Gasteiger partial charge in [0.25, 0.3) is 0 Å². The lowest BCUT2D eigenvalue weighted by molar-refractivity contribution is -0.318. The Kier molecular flexibility index (Phi) is 5.84. The van der Waals surface area contributed by atoms with Crippen molar-refractivity contribution in [2.45, 2.75) is 76.0 Å². The summed E-state index contributed by atoms with van der Waals surface area (Å²) in [6.45, 7) is 5.24. The summed E-state index contributed by atoms with van der Waals surface area (Å²) in [6.07, 6.45) is -4.27. The zero-order valence-electron chi connectivity index (χ0n) is 13.8. The van der Waals surface area contributed by atoms with Crippen molar-refractivity contribution in [3.05, 3.63) is 11.6 Å². The van der Waals surface area contributed by atoms with Gasteiger partial charge in [-0.15, -0.1) is 0 Å². The zero-order valence-corrected chi connectivity index (χ0v) is 13.8. The quantitative estimate of drug-likeness (QED) is 0.432. The minimum absolute atomic E-state index is 0.312. The molecule has 23 heavy (non-hydrogen) atoms. The summed E-state index contributed by atoms with van der Waals surface area (Å²) in [7, 11) is 0. The Morgan fingerprint density at radius 3 is 2.48 bits per heavy atom. The van der Waals surface area contributed by atoms with Gasteiger partial charge in [-0.05, 0) is 25.7 Å². The van der Waals surface area contributed by atoms with Gasteiger partial charge in [0, 0.05) is 0 Å². The first-order chi connectivity index (χ1) is 10.7. The number of allylic oxidation sites excluding steroid dienone is 1. The number of hydrogen-bond acceptors (Lipinski definition) is 7. The molecule has 134 valence electrons. The molecule has 7 heteroatoms. The lowest BCUT2D eigenvalue weighted by atomic mass is 9.81. The molecule has 1 aliphatic heterocycles. The normalized spacial score (nSPS) is 45.2. The molecule has 7 atom stereocenters. The van der Waals surface area contributed by atoms with Gasteiger partial charge in [-0.2, -0.15) is 0 Å². The Hall–Kier alpha value is -0.540. The largest absolute Gasteiger partial charge is 0.394 e. The van der Waals surface area contributed by atoms with E-state index in [-0.39, 0.29) is 0 Å². The van der Waals surface area contributed by atoms with Crippen molar-refractivity contribution in [1.29, 1.82) is 0 Å². The molecule has 1 aliphatic carbocycles. The van der Waals surface area contributed by atoms with Gasteiger partial charge in [-0.1, -0.05) is 25.5 Å². The van der Waals surface area contributed by atoms with Crippen LogP contribution < -0.4 is 0 Å². The number of rotatable bonds is 4. The van der Waals surface area contributed by atoms with Crippen LogP contribution in [0.3, 0.4) is 0 Å². The molecular weight excluding hydrogens is 304 g/mol. The van der Waals surface area contributed by atoms with Crippen molar-refractivity contribution in [2.75, 3.05) is 6.61 Å². The number of hydrogen-bond donors (Lipinski definition) is 5. The van der Waals surface area contributed by atoms with Gasteiger partial charge in [-0.3, -0.25) is 0 Å². The van der Waals surface area contributed by atoms with E-state index in [0.717, 1.165) is 12.0 Å². The Morgan fingerprint density at radius 1 is 1.26 bits per heavy atom. The fourth-order valence-electron chi connectivity index (χ4n) is 2.99. The first-order valence-corrected chi connectivity index (χ1v) is 8.06. The van der Waals surface area contributed by atoms with E-state index >= 15 is 0 Å². The average Bonchev–Trinajstić information content (AvgIpc) is 2.49. The molecule has 2 aliphatic rings. The van der Waals surface area contributed by atoms with Gasteiger partial charge in [0.2, 0.25) is 0 Å². The lowest BCUT2D eigenvalue weighted by Gasteiger charge is -2.44. The fraction of sp³-hybridized carbons (Fsp3) is 0.875. The number of aliphatic hydroxyl groups is 5. The van der Waals surface area contributed by atoms with Gasteiger partial charge in [-0.25, -0.2) is 0 Å². The van der Waals surface area contributed by atoms with Crippen LogP contribution >= 0.6 is 0 Å². The van der Waals surface area contributed by atoms with E-state index in [1.54, 1.807) is 6.92 Å². The molecule has 0 aromatic heterocycles. The zero-order chi connectivity index (χ0) is 17.4. The molecule has 0 aromatic carbocycles. The van der Waals surface area contributed by atoms with E-state index in [2.05, 4.69) is 13.8 Å². The third kappa shape index (κ3) is 3.93. The summed E-state index contributed by atoms with van der Waals surface area (Å²) in [5, 5.41) is 49.4. The molecule has 2 rings (SSSR count). The molecule has 7 nitrogen and oxygen atoms in total. The fourth-order valence-corrected chi connectivity index (χ4v) is 2.99. The van der Waals surface area contributed by atoms with Gasteiger partial charge in [0.15, 0.2) is 6.29 Å². The standard InChI is InChI=1S/C16H28O7/c1-8(2)9-4-5-16(3,21)11(6-9)23-15-14(20)13(19)12(18)10(7-17)22-15/h6,8,10-15,17-21H,4-5,7H2,1-3H3. The molecule has 7 unspecified atom stereocenters. The summed E-state index contributed by atoms with van der Waals surface area (Å²) >= 11 is 0. The van der Waals surface area contributed by atoms with E-state index in [1.807, 2.05) is 6.08 Å². The lowest BCUT2D eigenvalue weighted by Crippen LogP contribution is -2.60. The number of aliphatic hydroxyl groups excluding tert-OH is 4. The second-order valence-corrected chi connectivity index (χ2v) is 7.01. The summed E-state index contributed by atoms with van der Waals surface area (Å²) in [6, 6.07) is 0. The van der Waals surface area contributed by atoms with Gasteiger partial charge < -0.3 is 35.0 Å². The predicted octanol–water partition coefficient (Wildman–Crippen LogP) is -0.701. The predicted molar refractivity (Wildman–Crippen MR) is 81.4 cm³/mol. The van der Waals surface area contributed by atoms with Crippen LogP contribution in [0.25, 0.3) is 0 Å². The van der Waals surface area contributed by atoms with Crippen LogP contribution in [-0.2, 0) is 9.47 Å². The smallest absolute Gasteiger partial charge is 0.187 e. The Morgan fingerprint density at radius 2 is 1.91 bits per heavy atom. The molecular formula is C16H28O7. The van der Waals surface area contributed by atoms with E-state index < -0.39 is 49.0 Å². The SMILES string of the molecule is CC(C)C1=CC(OC2OC(CO)C(O)C(O)C2O)C(C)(O)CC1. The molecule has 1 fully saturated rings. The molecule has 1 saturated heterocycles. The second-order valence-electron chi connectivity index (χ2n) is 7.01. The molecule has 0 aromatic rings. The second kappa shape index (κ2) is 7.14. The summed E-state index contributed by atoms with van der Waals surface area (Å²) in [5.41, 5.74) is 0.0168. The highest BCUT2D eigenvalue weighted by Crippen LogP contribution is 2.34. The Bertz CT molecular complexity index is 432. The van der Waals surface area contributed by atoms with Gasteiger partial charge in [0.05, 0.1) is 12.2 Å². The maximum Gasteiger partial charge on any atom is 0.187 e. The third-order valence-electron chi connectivity index (χ3n) is 4.77. The Labute approximate surface area is 136 Å². The highest BCUT2D eigenvalue weighted by Gasteiger charge is 2.47. The van der Waals surface area contributed by atoms with Crippen LogP contribution in [0.15, 0.2) is 11.6 Å². The van der Waals surface area contributed by atoms with E-state index in [1.165, 1.54) is 0 Å². The van der Waals surface area contributed by atoms with Crippen molar-refractivity contribution < 1.29 is 35.0 Å². The number of ether oxygens (including phenoxy) is 2. The van der Waals surface area contributed by atoms with Crippen LogP contribution in [0.5, 0.6) is 0 Å². The van der Waals surface area contributed by atoms with Gasteiger partial charge in [0.1, 0.15) is 30.5 Å². The van der Waals surface area contributed by atoms with E-state index in [0.29, 0.717) is 12.3 Å².